The Bertz CT molecular complexity index is 306. The number of rotatable bonds is 8. The van der Waals surface area contributed by atoms with Crippen molar-refractivity contribution in [3.63, 3.8) is 0 Å². The fraction of sp³-hybridized carbons (Fsp3) is 0.700. The molecule has 0 aliphatic rings. The van der Waals surface area contributed by atoms with Gasteiger partial charge in [-0.05, 0) is 19.8 Å². The number of nitrogens with one attached hydrogen (secondary N) is 2. The van der Waals surface area contributed by atoms with Crippen molar-refractivity contribution in [3.05, 3.63) is 5.82 Å². The normalized spacial score (nSPS) is 10.3. The molecule has 4 N–H and O–H groups in total. The Labute approximate surface area is 100 Å². The lowest BCUT2D eigenvalue weighted by Gasteiger charge is -2.07. The Morgan fingerprint density at radius 2 is 1.35 bits per heavy atom. The number of aliphatic hydroxyl groups excluding tert-OH is 2. The summed E-state index contributed by atoms with van der Waals surface area (Å²) in [6.45, 7) is 3.31. The summed E-state index contributed by atoms with van der Waals surface area (Å²) < 4.78 is 0. The lowest BCUT2D eigenvalue weighted by Crippen LogP contribution is -2.12. The molecule has 96 valence electrons. The predicted octanol–water partition coefficient (Wildman–Crippen LogP) is -0.231. The average molecular weight is 241 g/mol. The summed E-state index contributed by atoms with van der Waals surface area (Å²) in [7, 11) is 0. The highest BCUT2D eigenvalue weighted by Crippen LogP contribution is 2.04. The van der Waals surface area contributed by atoms with Gasteiger partial charge in [-0.3, -0.25) is 0 Å². The lowest BCUT2D eigenvalue weighted by molar-refractivity contribution is 0.292. The quantitative estimate of drug-likeness (QED) is 0.466. The van der Waals surface area contributed by atoms with E-state index in [1.807, 2.05) is 0 Å². The number of aryl methyl sites for hydroxylation is 1. The first kappa shape index (κ1) is 13.6. The predicted molar refractivity (Wildman–Crippen MR) is 64.9 cm³/mol. The van der Waals surface area contributed by atoms with Crippen LogP contribution >= 0.6 is 0 Å². The van der Waals surface area contributed by atoms with Crippen LogP contribution in [0.2, 0.25) is 0 Å². The summed E-state index contributed by atoms with van der Waals surface area (Å²) in [4.78, 5) is 12.4. The van der Waals surface area contributed by atoms with E-state index in [0.29, 0.717) is 43.7 Å². The Hall–Kier alpha value is -1.47. The molecular weight excluding hydrogens is 222 g/mol. The molecule has 0 radical (unpaired) electrons. The van der Waals surface area contributed by atoms with Crippen LogP contribution in [0.25, 0.3) is 0 Å². The minimum Gasteiger partial charge on any atom is -0.396 e. The third-order valence-electron chi connectivity index (χ3n) is 1.98. The van der Waals surface area contributed by atoms with E-state index in [1.165, 1.54) is 0 Å². The smallest absolute Gasteiger partial charge is 0.227 e. The molecule has 0 aromatic carbocycles. The van der Waals surface area contributed by atoms with Crippen LogP contribution in [0.3, 0.4) is 0 Å². The van der Waals surface area contributed by atoms with Gasteiger partial charge in [0.2, 0.25) is 11.9 Å². The van der Waals surface area contributed by atoms with Crippen LogP contribution in [0.1, 0.15) is 18.7 Å². The fourth-order valence-corrected chi connectivity index (χ4v) is 1.20. The summed E-state index contributed by atoms with van der Waals surface area (Å²) >= 11 is 0. The highest BCUT2D eigenvalue weighted by Gasteiger charge is 2.02. The molecule has 0 unspecified atom stereocenters. The van der Waals surface area contributed by atoms with Crippen molar-refractivity contribution < 1.29 is 10.2 Å². The van der Waals surface area contributed by atoms with E-state index in [9.17, 15) is 0 Å². The van der Waals surface area contributed by atoms with Crippen LogP contribution in [0, 0.1) is 6.92 Å². The first-order valence-electron chi connectivity index (χ1n) is 5.68. The molecule has 0 fully saturated rings. The van der Waals surface area contributed by atoms with Gasteiger partial charge in [0.15, 0.2) is 0 Å². The molecule has 17 heavy (non-hydrogen) atoms. The van der Waals surface area contributed by atoms with Crippen LogP contribution in [-0.4, -0.2) is 51.5 Å². The standard InChI is InChI=1S/C10H19N5O2/c1-8-13-9(11-4-2-6-16)15-10(14-8)12-5-3-7-17/h16-17H,2-7H2,1H3,(H2,11,12,13,14,15). The molecular formula is C10H19N5O2. The van der Waals surface area contributed by atoms with E-state index in [1.54, 1.807) is 6.92 Å². The Balaban J connectivity index is 2.53. The average Bonchev–Trinajstić information content (AvgIpc) is 2.29. The topological polar surface area (TPSA) is 103 Å². The van der Waals surface area contributed by atoms with Crippen molar-refractivity contribution in [1.82, 2.24) is 15.0 Å². The molecule has 1 heterocycles. The minimum atomic E-state index is 0.138. The Kier molecular flexibility index (Phi) is 6.19. The zero-order valence-electron chi connectivity index (χ0n) is 9.98. The molecule has 0 saturated heterocycles. The van der Waals surface area contributed by atoms with Gasteiger partial charge in [0.05, 0.1) is 0 Å². The molecule has 1 aromatic rings. The van der Waals surface area contributed by atoms with Crippen molar-refractivity contribution in [2.45, 2.75) is 19.8 Å². The van der Waals surface area contributed by atoms with Crippen molar-refractivity contribution in [2.24, 2.45) is 0 Å². The first-order chi connectivity index (χ1) is 8.26. The summed E-state index contributed by atoms with van der Waals surface area (Å²) in [6, 6.07) is 0. The molecule has 0 spiro atoms. The third-order valence-corrected chi connectivity index (χ3v) is 1.98. The summed E-state index contributed by atoms with van der Waals surface area (Å²) in [5, 5.41) is 23.3. The van der Waals surface area contributed by atoms with Crippen LogP contribution in [0.4, 0.5) is 11.9 Å². The van der Waals surface area contributed by atoms with Gasteiger partial charge in [-0.1, -0.05) is 0 Å². The third kappa shape index (κ3) is 5.41. The van der Waals surface area contributed by atoms with Gasteiger partial charge in [0.25, 0.3) is 0 Å². The van der Waals surface area contributed by atoms with Crippen LogP contribution in [0.15, 0.2) is 0 Å². The molecule has 0 atom stereocenters. The zero-order valence-corrected chi connectivity index (χ0v) is 9.98. The maximum atomic E-state index is 8.67. The summed E-state index contributed by atoms with van der Waals surface area (Å²) in [5.74, 6) is 1.62. The van der Waals surface area contributed by atoms with E-state index < -0.39 is 0 Å². The van der Waals surface area contributed by atoms with E-state index in [-0.39, 0.29) is 13.2 Å². The van der Waals surface area contributed by atoms with Gasteiger partial charge >= 0.3 is 0 Å². The van der Waals surface area contributed by atoms with E-state index >= 15 is 0 Å². The van der Waals surface area contributed by atoms with Gasteiger partial charge in [-0.25, -0.2) is 0 Å². The number of aliphatic hydroxyl groups is 2. The van der Waals surface area contributed by atoms with Gasteiger partial charge in [0, 0.05) is 26.3 Å². The molecule has 1 aromatic heterocycles. The van der Waals surface area contributed by atoms with E-state index in [2.05, 4.69) is 25.6 Å². The van der Waals surface area contributed by atoms with E-state index in [4.69, 9.17) is 10.2 Å². The number of hydrogen-bond donors (Lipinski definition) is 4. The number of hydrogen-bond acceptors (Lipinski definition) is 7. The second kappa shape index (κ2) is 7.75. The van der Waals surface area contributed by atoms with Crippen molar-refractivity contribution in [2.75, 3.05) is 36.9 Å². The van der Waals surface area contributed by atoms with Crippen LogP contribution < -0.4 is 10.6 Å². The molecule has 0 saturated carbocycles. The second-order valence-electron chi connectivity index (χ2n) is 3.54. The molecule has 7 heteroatoms. The molecule has 7 nitrogen and oxygen atoms in total. The van der Waals surface area contributed by atoms with Gasteiger partial charge in [-0.2, -0.15) is 15.0 Å². The monoisotopic (exact) mass is 241 g/mol. The molecule has 1 rings (SSSR count). The van der Waals surface area contributed by atoms with Gasteiger partial charge in [0.1, 0.15) is 5.82 Å². The maximum Gasteiger partial charge on any atom is 0.227 e. The Morgan fingerprint density at radius 3 is 1.76 bits per heavy atom. The highest BCUT2D eigenvalue weighted by molar-refractivity contribution is 5.34. The SMILES string of the molecule is Cc1nc(NCCCO)nc(NCCCO)n1. The van der Waals surface area contributed by atoms with Crippen LogP contribution in [-0.2, 0) is 0 Å². The fourth-order valence-electron chi connectivity index (χ4n) is 1.20. The van der Waals surface area contributed by atoms with Gasteiger partial charge in [-0.15, -0.1) is 0 Å². The first-order valence-corrected chi connectivity index (χ1v) is 5.68. The maximum absolute atomic E-state index is 8.67. The van der Waals surface area contributed by atoms with Crippen molar-refractivity contribution in [3.8, 4) is 0 Å². The summed E-state index contributed by atoms with van der Waals surface area (Å²) in [6.07, 6.45) is 1.30. The molecule has 0 bridgehead atoms. The lowest BCUT2D eigenvalue weighted by atomic mass is 10.4. The second-order valence-corrected chi connectivity index (χ2v) is 3.54. The molecule has 0 aliphatic heterocycles. The largest absolute Gasteiger partial charge is 0.396 e. The number of aromatic nitrogens is 3. The van der Waals surface area contributed by atoms with Gasteiger partial charge < -0.3 is 20.8 Å². The summed E-state index contributed by atoms with van der Waals surface area (Å²) in [5.41, 5.74) is 0. The zero-order chi connectivity index (χ0) is 12.5. The highest BCUT2D eigenvalue weighted by atomic mass is 16.3. The minimum absolute atomic E-state index is 0.138. The van der Waals surface area contributed by atoms with Crippen molar-refractivity contribution in [1.29, 1.82) is 0 Å². The Morgan fingerprint density at radius 1 is 0.882 bits per heavy atom. The molecule has 0 amide bonds. The molecule has 0 aliphatic carbocycles. The number of anilines is 2. The van der Waals surface area contributed by atoms with E-state index in [0.717, 1.165) is 0 Å². The van der Waals surface area contributed by atoms with Crippen molar-refractivity contribution >= 4 is 11.9 Å². The van der Waals surface area contributed by atoms with Crippen LogP contribution in [0.5, 0.6) is 0 Å². The number of nitrogens with zero attached hydrogens (tertiary/aromatic N) is 3.